The van der Waals surface area contributed by atoms with Gasteiger partial charge in [-0.2, -0.15) is 11.8 Å². The second-order valence-electron chi connectivity index (χ2n) is 8.49. The minimum Gasteiger partial charge on any atom is -0.468 e. The van der Waals surface area contributed by atoms with Crippen molar-refractivity contribution in [3.63, 3.8) is 0 Å². The number of furan rings is 1. The van der Waals surface area contributed by atoms with E-state index in [2.05, 4.69) is 10.3 Å². The molecule has 3 aromatic heterocycles. The van der Waals surface area contributed by atoms with Crippen LogP contribution < -0.4 is 5.32 Å². The van der Waals surface area contributed by atoms with E-state index in [1.165, 1.54) is 11.3 Å². The van der Waals surface area contributed by atoms with Crippen LogP contribution in [0, 0.1) is 20.8 Å². The molecule has 4 rings (SSSR count). The normalized spacial score (nSPS) is 14.4. The Morgan fingerprint density at radius 3 is 2.65 bits per heavy atom. The van der Waals surface area contributed by atoms with Crippen molar-refractivity contribution in [1.82, 2.24) is 20.2 Å². The summed E-state index contributed by atoms with van der Waals surface area (Å²) < 4.78 is 5.34. The van der Waals surface area contributed by atoms with Crippen molar-refractivity contribution in [2.45, 2.75) is 45.3 Å². The molecule has 0 aliphatic carbocycles. The Morgan fingerprint density at radius 2 is 1.97 bits per heavy atom. The van der Waals surface area contributed by atoms with E-state index in [0.29, 0.717) is 25.2 Å². The number of likely N-dealkylation sites (tertiary alicyclic amines) is 1. The average Bonchev–Trinajstić information content (AvgIpc) is 3.47. The van der Waals surface area contributed by atoms with E-state index >= 15 is 0 Å². The molecule has 1 fully saturated rings. The lowest BCUT2D eigenvalue weighted by Gasteiger charge is -2.32. The van der Waals surface area contributed by atoms with E-state index in [9.17, 15) is 9.59 Å². The Morgan fingerprint density at radius 1 is 1.18 bits per heavy atom. The van der Waals surface area contributed by atoms with Gasteiger partial charge in [0.05, 0.1) is 34.0 Å². The number of piperidine rings is 1. The highest BCUT2D eigenvalue weighted by atomic mass is 32.2. The molecular formula is C25H30N4O3S2. The number of carbonyl (C=O) groups is 2. The van der Waals surface area contributed by atoms with Crippen LogP contribution >= 0.6 is 23.1 Å². The van der Waals surface area contributed by atoms with Gasteiger partial charge in [-0.05, 0) is 57.9 Å². The molecule has 3 aromatic rings. The lowest BCUT2D eigenvalue weighted by molar-refractivity contribution is 0.0714. The molecule has 1 N–H and O–H groups in total. The zero-order valence-electron chi connectivity index (χ0n) is 19.8. The molecule has 1 saturated heterocycles. The van der Waals surface area contributed by atoms with Gasteiger partial charge in [0.15, 0.2) is 0 Å². The minimum atomic E-state index is -0.0876. The summed E-state index contributed by atoms with van der Waals surface area (Å²) in [6.45, 7) is 7.65. The van der Waals surface area contributed by atoms with Crippen LogP contribution in [0.4, 0.5) is 0 Å². The summed E-state index contributed by atoms with van der Waals surface area (Å²) >= 11 is 3.18. The number of amides is 2. The van der Waals surface area contributed by atoms with Gasteiger partial charge in [-0.25, -0.2) is 4.98 Å². The molecule has 34 heavy (non-hydrogen) atoms. The maximum Gasteiger partial charge on any atom is 0.265 e. The fourth-order valence-electron chi connectivity index (χ4n) is 4.21. The van der Waals surface area contributed by atoms with E-state index < -0.39 is 0 Å². The van der Waals surface area contributed by atoms with Crippen molar-refractivity contribution in [2.75, 3.05) is 25.4 Å². The highest BCUT2D eigenvalue weighted by Crippen LogP contribution is 2.31. The van der Waals surface area contributed by atoms with Gasteiger partial charge in [-0.3, -0.25) is 14.6 Å². The quantitative estimate of drug-likeness (QED) is 0.452. The second-order valence-corrected chi connectivity index (χ2v) is 10.8. The van der Waals surface area contributed by atoms with Gasteiger partial charge in [0.25, 0.3) is 11.8 Å². The molecule has 1 aliphatic rings. The van der Waals surface area contributed by atoms with Gasteiger partial charge in [0.2, 0.25) is 0 Å². The smallest absolute Gasteiger partial charge is 0.265 e. The molecule has 0 atom stereocenters. The maximum absolute atomic E-state index is 13.0. The predicted octanol–water partition coefficient (Wildman–Crippen LogP) is 4.74. The van der Waals surface area contributed by atoms with Crippen molar-refractivity contribution in [3.8, 4) is 0 Å². The third-order valence-electron chi connectivity index (χ3n) is 5.93. The van der Waals surface area contributed by atoms with Crippen LogP contribution in [0.2, 0.25) is 0 Å². The van der Waals surface area contributed by atoms with Crippen molar-refractivity contribution < 1.29 is 14.0 Å². The number of nitrogens with zero attached hydrogens (tertiary/aromatic N) is 3. The number of nitrogens with one attached hydrogen (secondary N) is 1. The summed E-state index contributed by atoms with van der Waals surface area (Å²) in [4.78, 5) is 37.7. The van der Waals surface area contributed by atoms with Gasteiger partial charge >= 0.3 is 0 Å². The lowest BCUT2D eigenvalue weighted by Crippen LogP contribution is -2.38. The van der Waals surface area contributed by atoms with Crippen LogP contribution in [0.5, 0.6) is 0 Å². The summed E-state index contributed by atoms with van der Waals surface area (Å²) in [5.74, 6) is 2.66. The topological polar surface area (TPSA) is 88.3 Å². The molecule has 0 unspecified atom stereocenters. The van der Waals surface area contributed by atoms with Crippen molar-refractivity contribution in [1.29, 1.82) is 0 Å². The number of pyridine rings is 1. The first-order chi connectivity index (χ1) is 16.4. The van der Waals surface area contributed by atoms with Crippen LogP contribution in [0.25, 0.3) is 0 Å². The van der Waals surface area contributed by atoms with Crippen LogP contribution in [0.3, 0.4) is 0 Å². The molecule has 7 nitrogen and oxygen atoms in total. The molecule has 0 radical (unpaired) electrons. The molecule has 2 amide bonds. The highest BCUT2D eigenvalue weighted by molar-refractivity contribution is 7.98. The van der Waals surface area contributed by atoms with Crippen LogP contribution in [-0.4, -0.2) is 52.1 Å². The molecule has 0 bridgehead atoms. The Bertz CT molecular complexity index is 1140. The van der Waals surface area contributed by atoms with Gasteiger partial charge in [0.1, 0.15) is 10.6 Å². The SMILES string of the molecule is Cc1ccc(C(=O)NCCSCc2ccco2)c(C2CCN(C(=O)c3sc(C)nc3C)CC2)n1. The molecule has 180 valence electrons. The van der Waals surface area contributed by atoms with Crippen LogP contribution in [-0.2, 0) is 5.75 Å². The zero-order valence-corrected chi connectivity index (χ0v) is 21.4. The van der Waals surface area contributed by atoms with Crippen molar-refractivity contribution in [2.24, 2.45) is 0 Å². The summed E-state index contributed by atoms with van der Waals surface area (Å²) in [5, 5.41) is 3.95. The summed E-state index contributed by atoms with van der Waals surface area (Å²) in [5.41, 5.74) is 3.18. The number of hydrogen-bond acceptors (Lipinski definition) is 7. The van der Waals surface area contributed by atoms with Crippen LogP contribution in [0.15, 0.2) is 34.9 Å². The monoisotopic (exact) mass is 498 g/mol. The first kappa shape index (κ1) is 24.5. The molecular weight excluding hydrogens is 468 g/mol. The van der Waals surface area contributed by atoms with Crippen LogP contribution in [0.1, 0.15) is 66.6 Å². The largest absolute Gasteiger partial charge is 0.468 e. The number of hydrogen-bond donors (Lipinski definition) is 1. The molecule has 0 spiro atoms. The third kappa shape index (κ3) is 5.88. The highest BCUT2D eigenvalue weighted by Gasteiger charge is 2.29. The lowest BCUT2D eigenvalue weighted by atomic mass is 9.89. The summed E-state index contributed by atoms with van der Waals surface area (Å²) in [7, 11) is 0. The molecule has 0 aromatic carbocycles. The number of aromatic nitrogens is 2. The summed E-state index contributed by atoms with van der Waals surface area (Å²) in [6.07, 6.45) is 3.25. The van der Waals surface area contributed by atoms with Gasteiger partial charge < -0.3 is 14.6 Å². The average molecular weight is 499 g/mol. The molecule has 9 heteroatoms. The maximum atomic E-state index is 13.0. The number of thioether (sulfide) groups is 1. The Balaban J connectivity index is 1.34. The van der Waals surface area contributed by atoms with Gasteiger partial charge in [0, 0.05) is 37.0 Å². The number of thiazole rings is 1. The number of aryl methyl sites for hydroxylation is 3. The van der Waals surface area contributed by atoms with E-state index in [4.69, 9.17) is 9.40 Å². The standard InChI is InChI=1S/C25H30N4O3S2/c1-16-6-7-21(24(30)26-10-14-33-15-20-5-4-13-32-20)22(27-16)19-8-11-29(12-9-19)25(31)23-17(2)28-18(3)34-23/h4-7,13,19H,8-12,14-15H2,1-3H3,(H,26,30). The van der Waals surface area contributed by atoms with Crippen molar-refractivity contribution >= 4 is 34.9 Å². The van der Waals surface area contributed by atoms with Gasteiger partial charge in [-0.1, -0.05) is 0 Å². The van der Waals surface area contributed by atoms with Gasteiger partial charge in [-0.15, -0.1) is 11.3 Å². The second kappa shape index (κ2) is 11.2. The predicted molar refractivity (Wildman–Crippen MR) is 136 cm³/mol. The molecule has 1 aliphatic heterocycles. The third-order valence-corrected chi connectivity index (χ3v) is 7.97. The Hall–Kier alpha value is -2.65. The Labute approximate surface area is 208 Å². The number of carbonyl (C=O) groups excluding carboxylic acids is 2. The zero-order chi connectivity index (χ0) is 24.1. The van der Waals surface area contributed by atoms with E-state index in [0.717, 1.165) is 57.1 Å². The molecule has 4 heterocycles. The summed E-state index contributed by atoms with van der Waals surface area (Å²) in [6, 6.07) is 7.60. The minimum absolute atomic E-state index is 0.0590. The van der Waals surface area contributed by atoms with Crippen molar-refractivity contribution in [3.05, 3.63) is 68.8 Å². The van der Waals surface area contributed by atoms with E-state index in [-0.39, 0.29) is 17.7 Å². The first-order valence-corrected chi connectivity index (χ1v) is 13.5. The molecule has 0 saturated carbocycles. The first-order valence-electron chi connectivity index (χ1n) is 11.5. The van der Waals surface area contributed by atoms with E-state index in [1.807, 2.05) is 49.9 Å². The fraction of sp³-hybridized carbons (Fsp3) is 0.440. The fourth-order valence-corrected chi connectivity index (χ4v) is 5.85. The number of rotatable bonds is 8. The van der Waals surface area contributed by atoms with E-state index in [1.54, 1.807) is 18.0 Å². The Kier molecular flexibility index (Phi) is 8.05.